The number of nitrogens with one attached hydrogen (secondary N) is 4. The molecule has 0 atom stereocenters. The Morgan fingerprint density at radius 1 is 0.839 bits per heavy atom. The number of carbonyl (C=O) groups excluding carboxylic acids is 4. The first-order valence-electron chi connectivity index (χ1n) is 8.96. The SMILES string of the molecule is O=C(CNC(=O)c1ccco1)NCC(=O)NNC(=O)c1ccc(-c2ccc(F)cc2)s1. The first-order valence-corrected chi connectivity index (χ1v) is 9.77. The number of thiophene rings is 1. The largest absolute Gasteiger partial charge is 0.459 e. The Balaban J connectivity index is 1.38. The van der Waals surface area contributed by atoms with Gasteiger partial charge in [0.1, 0.15) is 5.82 Å². The normalized spacial score (nSPS) is 10.2. The molecule has 3 rings (SSSR count). The van der Waals surface area contributed by atoms with E-state index < -0.39 is 30.2 Å². The first kappa shape index (κ1) is 21.7. The lowest BCUT2D eigenvalue weighted by Gasteiger charge is -2.08. The molecular weight excluding hydrogens is 427 g/mol. The van der Waals surface area contributed by atoms with Gasteiger partial charge in [-0.2, -0.15) is 0 Å². The van der Waals surface area contributed by atoms with Gasteiger partial charge >= 0.3 is 0 Å². The molecule has 31 heavy (non-hydrogen) atoms. The third-order valence-corrected chi connectivity index (χ3v) is 5.01. The fourth-order valence-electron chi connectivity index (χ4n) is 2.36. The van der Waals surface area contributed by atoms with Crippen molar-refractivity contribution >= 4 is 35.0 Å². The zero-order valence-corrected chi connectivity index (χ0v) is 16.8. The minimum absolute atomic E-state index is 0.0596. The monoisotopic (exact) mass is 444 g/mol. The fraction of sp³-hybridized carbons (Fsp3) is 0.100. The van der Waals surface area contributed by atoms with Gasteiger partial charge in [0.25, 0.3) is 17.7 Å². The second-order valence-electron chi connectivity index (χ2n) is 6.11. The highest BCUT2D eigenvalue weighted by molar-refractivity contribution is 7.17. The lowest BCUT2D eigenvalue weighted by atomic mass is 10.2. The van der Waals surface area contributed by atoms with Crippen molar-refractivity contribution in [3.05, 3.63) is 71.2 Å². The Hall–Kier alpha value is -3.99. The van der Waals surface area contributed by atoms with E-state index in [2.05, 4.69) is 21.5 Å². The summed E-state index contributed by atoms with van der Waals surface area (Å²) in [6.45, 7) is -0.748. The average Bonchev–Trinajstić information content (AvgIpc) is 3.47. The van der Waals surface area contributed by atoms with Gasteiger partial charge in [-0.3, -0.25) is 30.0 Å². The van der Waals surface area contributed by atoms with Gasteiger partial charge in [0.15, 0.2) is 5.76 Å². The molecule has 0 fully saturated rings. The summed E-state index contributed by atoms with van der Waals surface area (Å²) in [5.74, 6) is -2.65. The summed E-state index contributed by atoms with van der Waals surface area (Å²) in [6, 6.07) is 12.1. The number of furan rings is 1. The number of hydrogen-bond acceptors (Lipinski definition) is 6. The zero-order valence-electron chi connectivity index (χ0n) is 15.9. The zero-order chi connectivity index (χ0) is 22.2. The molecule has 4 N–H and O–H groups in total. The van der Waals surface area contributed by atoms with Gasteiger partial charge in [0, 0.05) is 4.88 Å². The van der Waals surface area contributed by atoms with Gasteiger partial charge in [-0.25, -0.2) is 4.39 Å². The van der Waals surface area contributed by atoms with Crippen LogP contribution in [-0.2, 0) is 9.59 Å². The van der Waals surface area contributed by atoms with E-state index >= 15 is 0 Å². The van der Waals surface area contributed by atoms with Gasteiger partial charge < -0.3 is 15.1 Å². The van der Waals surface area contributed by atoms with E-state index in [0.717, 1.165) is 10.4 Å². The molecule has 3 aromatic rings. The number of hydrazine groups is 1. The number of amides is 4. The van der Waals surface area contributed by atoms with E-state index in [-0.39, 0.29) is 18.1 Å². The molecule has 11 heteroatoms. The van der Waals surface area contributed by atoms with E-state index in [4.69, 9.17) is 4.42 Å². The molecule has 0 bridgehead atoms. The summed E-state index contributed by atoms with van der Waals surface area (Å²) in [7, 11) is 0. The smallest absolute Gasteiger partial charge is 0.287 e. The number of halogens is 1. The van der Waals surface area contributed by atoms with Crippen LogP contribution in [0.3, 0.4) is 0 Å². The lowest BCUT2D eigenvalue weighted by molar-refractivity contribution is -0.125. The van der Waals surface area contributed by atoms with E-state index in [1.54, 1.807) is 24.3 Å². The second kappa shape index (κ2) is 10.2. The molecule has 0 saturated carbocycles. The molecule has 2 heterocycles. The summed E-state index contributed by atoms with van der Waals surface area (Å²) in [5, 5.41) is 4.63. The maximum atomic E-state index is 13.0. The van der Waals surface area contributed by atoms with Crippen molar-refractivity contribution in [3.8, 4) is 10.4 Å². The van der Waals surface area contributed by atoms with Crippen LogP contribution >= 0.6 is 11.3 Å². The van der Waals surface area contributed by atoms with Gasteiger partial charge in [0.2, 0.25) is 5.91 Å². The van der Waals surface area contributed by atoms with Crippen molar-refractivity contribution in [1.29, 1.82) is 0 Å². The second-order valence-corrected chi connectivity index (χ2v) is 7.19. The molecule has 0 unspecified atom stereocenters. The molecule has 160 valence electrons. The lowest BCUT2D eigenvalue weighted by Crippen LogP contribution is -2.47. The van der Waals surface area contributed by atoms with Gasteiger partial charge in [-0.1, -0.05) is 12.1 Å². The van der Waals surface area contributed by atoms with Crippen LogP contribution in [0.15, 0.2) is 59.2 Å². The minimum atomic E-state index is -0.658. The maximum absolute atomic E-state index is 13.0. The summed E-state index contributed by atoms with van der Waals surface area (Å²) < 4.78 is 17.9. The summed E-state index contributed by atoms with van der Waals surface area (Å²) in [6.07, 6.45) is 1.33. The van der Waals surface area contributed by atoms with Crippen molar-refractivity contribution in [2.45, 2.75) is 0 Å². The highest BCUT2D eigenvalue weighted by Gasteiger charge is 2.13. The first-order chi connectivity index (χ1) is 14.9. The molecule has 0 saturated heterocycles. The van der Waals surface area contributed by atoms with Crippen molar-refractivity contribution < 1.29 is 28.0 Å². The third kappa shape index (κ3) is 6.24. The maximum Gasteiger partial charge on any atom is 0.287 e. The molecule has 0 aliphatic heterocycles. The van der Waals surface area contributed by atoms with E-state index in [0.29, 0.717) is 4.88 Å². The Morgan fingerprint density at radius 3 is 2.29 bits per heavy atom. The fourth-order valence-corrected chi connectivity index (χ4v) is 3.27. The number of carbonyl (C=O) groups is 4. The van der Waals surface area contributed by atoms with Crippen LogP contribution in [0.2, 0.25) is 0 Å². The molecule has 4 amide bonds. The van der Waals surface area contributed by atoms with Crippen molar-refractivity contribution in [2.24, 2.45) is 0 Å². The van der Waals surface area contributed by atoms with Crippen LogP contribution in [0.5, 0.6) is 0 Å². The summed E-state index contributed by atoms with van der Waals surface area (Å²) in [4.78, 5) is 48.4. The molecule has 0 radical (unpaired) electrons. The molecular formula is C20H17FN4O5S. The van der Waals surface area contributed by atoms with Crippen LogP contribution in [0, 0.1) is 5.82 Å². The van der Waals surface area contributed by atoms with Crippen LogP contribution in [0.1, 0.15) is 20.2 Å². The van der Waals surface area contributed by atoms with Crippen LogP contribution in [0.25, 0.3) is 10.4 Å². The van der Waals surface area contributed by atoms with Gasteiger partial charge in [-0.15, -0.1) is 11.3 Å². The topological polar surface area (TPSA) is 130 Å². The minimum Gasteiger partial charge on any atom is -0.459 e. The Labute approximate surface area is 179 Å². The Kier molecular flexibility index (Phi) is 7.12. The van der Waals surface area contributed by atoms with Crippen LogP contribution in [0.4, 0.5) is 4.39 Å². The van der Waals surface area contributed by atoms with Crippen molar-refractivity contribution in [3.63, 3.8) is 0 Å². The highest BCUT2D eigenvalue weighted by Crippen LogP contribution is 2.28. The number of hydrogen-bond donors (Lipinski definition) is 4. The predicted octanol–water partition coefficient (Wildman–Crippen LogP) is 1.45. The quantitative estimate of drug-likeness (QED) is 0.410. The molecule has 0 spiro atoms. The number of rotatable bonds is 7. The molecule has 2 aromatic heterocycles. The molecule has 9 nitrogen and oxygen atoms in total. The van der Waals surface area contributed by atoms with Crippen LogP contribution in [-0.4, -0.2) is 36.7 Å². The molecule has 1 aromatic carbocycles. The molecule has 0 aliphatic carbocycles. The predicted molar refractivity (Wildman–Crippen MR) is 109 cm³/mol. The molecule has 0 aliphatic rings. The number of benzene rings is 1. The van der Waals surface area contributed by atoms with Crippen molar-refractivity contribution in [2.75, 3.05) is 13.1 Å². The summed E-state index contributed by atoms with van der Waals surface area (Å²) in [5.41, 5.74) is 5.19. The highest BCUT2D eigenvalue weighted by atomic mass is 32.1. The summed E-state index contributed by atoms with van der Waals surface area (Å²) >= 11 is 1.17. The standard InChI is InChI=1S/C20H17FN4O5S/c21-13-5-3-12(4-6-13)15-7-8-16(31-15)20(29)25-24-18(27)11-22-17(26)10-23-19(28)14-2-1-9-30-14/h1-9H,10-11H2,(H,22,26)(H,23,28)(H,24,27)(H,25,29). The van der Waals surface area contributed by atoms with E-state index in [1.807, 2.05) is 0 Å². The average molecular weight is 444 g/mol. The third-order valence-electron chi connectivity index (χ3n) is 3.87. The van der Waals surface area contributed by atoms with Gasteiger partial charge in [0.05, 0.1) is 24.2 Å². The van der Waals surface area contributed by atoms with Crippen LogP contribution < -0.4 is 21.5 Å². The van der Waals surface area contributed by atoms with E-state index in [1.165, 1.54) is 41.9 Å². The Bertz CT molecular complexity index is 1080. The van der Waals surface area contributed by atoms with Gasteiger partial charge in [-0.05, 0) is 42.0 Å². The van der Waals surface area contributed by atoms with Crippen molar-refractivity contribution in [1.82, 2.24) is 21.5 Å². The Morgan fingerprint density at radius 2 is 1.58 bits per heavy atom. The van der Waals surface area contributed by atoms with E-state index in [9.17, 15) is 23.6 Å².